The Bertz CT molecular complexity index is 962. The highest BCUT2D eigenvalue weighted by atomic mass is 35.5. The van der Waals surface area contributed by atoms with Crippen LogP contribution in [0.5, 0.6) is 0 Å². The molecule has 0 radical (unpaired) electrons. The molecule has 0 aromatic heterocycles. The molecule has 0 aliphatic carbocycles. The molecule has 0 heterocycles. The van der Waals surface area contributed by atoms with Crippen LogP contribution >= 0.6 is 23.2 Å². The number of halogens is 2. The summed E-state index contributed by atoms with van der Waals surface area (Å²) >= 11 is 12.0. The molecular weight excluding hydrogens is 409 g/mol. The Labute approximate surface area is 179 Å². The SMILES string of the molecule is O=C(Cc1ccccc1)NN[C@@H](C(=O)Nc1cc(Cl)cc(Cl)c1)c1ccccc1. The van der Waals surface area contributed by atoms with Gasteiger partial charge in [0.15, 0.2) is 0 Å². The van der Waals surface area contributed by atoms with Gasteiger partial charge in [0, 0.05) is 15.7 Å². The van der Waals surface area contributed by atoms with Crippen molar-refractivity contribution >= 4 is 40.7 Å². The summed E-state index contributed by atoms with van der Waals surface area (Å²) in [5.74, 6) is -0.620. The van der Waals surface area contributed by atoms with Gasteiger partial charge in [-0.15, -0.1) is 0 Å². The zero-order valence-corrected chi connectivity index (χ0v) is 16.9. The number of anilines is 1. The molecule has 0 aliphatic heterocycles. The standard InChI is InChI=1S/C22H19Cl2N3O2/c23-17-12-18(24)14-19(13-17)25-22(29)21(16-9-5-2-6-10-16)27-26-20(28)11-15-7-3-1-4-8-15/h1-10,12-14,21,27H,11H2,(H,25,29)(H,26,28)/t21-/m1/s1. The van der Waals surface area contributed by atoms with Crippen molar-refractivity contribution < 1.29 is 9.59 Å². The minimum Gasteiger partial charge on any atom is -0.324 e. The van der Waals surface area contributed by atoms with E-state index in [0.717, 1.165) is 5.56 Å². The Kier molecular flexibility index (Phi) is 7.25. The Morgan fingerprint density at radius 1 is 0.828 bits per heavy atom. The van der Waals surface area contributed by atoms with Crippen molar-refractivity contribution in [3.63, 3.8) is 0 Å². The van der Waals surface area contributed by atoms with Crippen LogP contribution in [-0.2, 0) is 16.0 Å². The maximum atomic E-state index is 12.9. The van der Waals surface area contributed by atoms with E-state index in [-0.39, 0.29) is 18.2 Å². The van der Waals surface area contributed by atoms with Gasteiger partial charge in [-0.1, -0.05) is 83.9 Å². The van der Waals surface area contributed by atoms with E-state index < -0.39 is 6.04 Å². The Balaban J connectivity index is 1.71. The van der Waals surface area contributed by atoms with Crippen molar-refractivity contribution in [2.75, 3.05) is 5.32 Å². The van der Waals surface area contributed by atoms with Gasteiger partial charge in [-0.3, -0.25) is 15.0 Å². The minimum absolute atomic E-state index is 0.195. The monoisotopic (exact) mass is 427 g/mol. The number of amides is 2. The zero-order valence-electron chi connectivity index (χ0n) is 15.4. The van der Waals surface area contributed by atoms with Crippen LogP contribution in [0.4, 0.5) is 5.69 Å². The molecule has 1 atom stereocenters. The third-order valence-corrected chi connectivity index (χ3v) is 4.53. The van der Waals surface area contributed by atoms with E-state index in [1.165, 1.54) is 0 Å². The van der Waals surface area contributed by atoms with Crippen molar-refractivity contribution in [2.45, 2.75) is 12.5 Å². The minimum atomic E-state index is -0.811. The van der Waals surface area contributed by atoms with E-state index in [1.54, 1.807) is 30.3 Å². The highest BCUT2D eigenvalue weighted by Gasteiger charge is 2.21. The summed E-state index contributed by atoms with van der Waals surface area (Å²) in [5, 5.41) is 3.59. The second-order valence-electron chi connectivity index (χ2n) is 6.35. The molecule has 0 aliphatic rings. The van der Waals surface area contributed by atoms with Gasteiger partial charge in [-0.05, 0) is 29.3 Å². The van der Waals surface area contributed by atoms with E-state index in [0.29, 0.717) is 21.3 Å². The van der Waals surface area contributed by atoms with Crippen LogP contribution in [0.2, 0.25) is 10.0 Å². The summed E-state index contributed by atoms with van der Waals surface area (Å²) in [6.45, 7) is 0. The number of rotatable bonds is 7. The summed E-state index contributed by atoms with van der Waals surface area (Å²) in [7, 11) is 0. The van der Waals surface area contributed by atoms with Crippen molar-refractivity contribution in [1.29, 1.82) is 0 Å². The summed E-state index contributed by atoms with van der Waals surface area (Å²) in [4.78, 5) is 25.2. The molecule has 29 heavy (non-hydrogen) atoms. The molecule has 0 spiro atoms. The second kappa shape index (κ2) is 10.1. The average Bonchev–Trinajstić information content (AvgIpc) is 2.69. The molecular formula is C22H19Cl2N3O2. The topological polar surface area (TPSA) is 70.2 Å². The number of carbonyl (C=O) groups excluding carboxylic acids is 2. The van der Waals surface area contributed by atoms with Gasteiger partial charge in [0.2, 0.25) is 11.8 Å². The molecule has 3 aromatic carbocycles. The summed E-state index contributed by atoms with van der Waals surface area (Å²) in [6, 6.07) is 22.4. The Morgan fingerprint density at radius 3 is 2.03 bits per heavy atom. The van der Waals surface area contributed by atoms with Gasteiger partial charge in [0.1, 0.15) is 6.04 Å². The van der Waals surface area contributed by atoms with Crippen molar-refractivity contribution in [1.82, 2.24) is 10.9 Å². The fourth-order valence-corrected chi connectivity index (χ4v) is 3.29. The molecule has 148 valence electrons. The molecule has 0 saturated heterocycles. The Hall–Kier alpha value is -2.86. The summed E-state index contributed by atoms with van der Waals surface area (Å²) < 4.78 is 0. The number of nitrogens with one attached hydrogen (secondary N) is 3. The number of carbonyl (C=O) groups is 2. The highest BCUT2D eigenvalue weighted by molar-refractivity contribution is 6.35. The largest absolute Gasteiger partial charge is 0.324 e. The normalized spacial score (nSPS) is 11.5. The first-order chi connectivity index (χ1) is 14.0. The van der Waals surface area contributed by atoms with Crippen LogP contribution in [0.15, 0.2) is 78.9 Å². The van der Waals surface area contributed by atoms with Gasteiger partial charge in [0.25, 0.3) is 0 Å². The molecule has 0 fully saturated rings. The van der Waals surface area contributed by atoms with Crippen LogP contribution < -0.4 is 16.2 Å². The average molecular weight is 428 g/mol. The smallest absolute Gasteiger partial charge is 0.247 e. The third kappa shape index (κ3) is 6.32. The van der Waals surface area contributed by atoms with Gasteiger partial charge in [0.05, 0.1) is 6.42 Å². The molecule has 3 aromatic rings. The first-order valence-corrected chi connectivity index (χ1v) is 9.67. The number of hydrogen-bond acceptors (Lipinski definition) is 3. The van der Waals surface area contributed by atoms with E-state index in [1.807, 2.05) is 48.5 Å². The van der Waals surface area contributed by atoms with E-state index >= 15 is 0 Å². The van der Waals surface area contributed by atoms with E-state index in [4.69, 9.17) is 23.2 Å². The molecule has 3 N–H and O–H groups in total. The lowest BCUT2D eigenvalue weighted by atomic mass is 10.1. The predicted octanol–water partition coefficient (Wildman–Crippen LogP) is 4.54. The second-order valence-corrected chi connectivity index (χ2v) is 7.22. The van der Waals surface area contributed by atoms with Crippen LogP contribution in [-0.4, -0.2) is 11.8 Å². The molecule has 5 nitrogen and oxygen atoms in total. The molecule has 0 unspecified atom stereocenters. The van der Waals surface area contributed by atoms with Gasteiger partial charge < -0.3 is 5.32 Å². The van der Waals surface area contributed by atoms with Gasteiger partial charge in [-0.2, -0.15) is 0 Å². The first kappa shape index (κ1) is 20.9. The lowest BCUT2D eigenvalue weighted by molar-refractivity contribution is -0.123. The van der Waals surface area contributed by atoms with Crippen molar-refractivity contribution in [2.24, 2.45) is 0 Å². The summed E-state index contributed by atoms with van der Waals surface area (Å²) in [6.07, 6.45) is 0.195. The van der Waals surface area contributed by atoms with E-state index in [2.05, 4.69) is 16.2 Å². The van der Waals surface area contributed by atoms with Crippen molar-refractivity contribution in [3.8, 4) is 0 Å². The predicted molar refractivity (Wildman–Crippen MR) is 116 cm³/mol. The fraction of sp³-hybridized carbons (Fsp3) is 0.0909. The lowest BCUT2D eigenvalue weighted by Gasteiger charge is -2.19. The van der Waals surface area contributed by atoms with Crippen LogP contribution in [0.1, 0.15) is 17.2 Å². The number of hydrogen-bond donors (Lipinski definition) is 3. The summed E-state index contributed by atoms with van der Waals surface area (Å²) in [5.41, 5.74) is 7.48. The van der Waals surface area contributed by atoms with Crippen LogP contribution in [0, 0.1) is 0 Å². The molecule has 7 heteroatoms. The van der Waals surface area contributed by atoms with Gasteiger partial charge >= 0.3 is 0 Å². The molecule has 0 bridgehead atoms. The molecule has 2 amide bonds. The lowest BCUT2D eigenvalue weighted by Crippen LogP contribution is -2.45. The first-order valence-electron chi connectivity index (χ1n) is 8.91. The van der Waals surface area contributed by atoms with Crippen molar-refractivity contribution in [3.05, 3.63) is 100 Å². The zero-order chi connectivity index (χ0) is 20.6. The molecule has 3 rings (SSSR count). The van der Waals surface area contributed by atoms with Crippen LogP contribution in [0.3, 0.4) is 0 Å². The van der Waals surface area contributed by atoms with Gasteiger partial charge in [-0.25, -0.2) is 5.43 Å². The number of benzene rings is 3. The maximum Gasteiger partial charge on any atom is 0.247 e. The number of hydrazine groups is 1. The highest BCUT2D eigenvalue weighted by Crippen LogP contribution is 2.23. The third-order valence-electron chi connectivity index (χ3n) is 4.09. The van der Waals surface area contributed by atoms with E-state index in [9.17, 15) is 9.59 Å². The maximum absolute atomic E-state index is 12.9. The quantitative estimate of drug-likeness (QED) is 0.484. The van der Waals surface area contributed by atoms with Crippen LogP contribution in [0.25, 0.3) is 0 Å². The Morgan fingerprint density at radius 2 is 1.41 bits per heavy atom. The molecule has 0 saturated carbocycles. The fourth-order valence-electron chi connectivity index (χ4n) is 2.76.